The van der Waals surface area contributed by atoms with E-state index in [0.29, 0.717) is 6.42 Å². The first-order valence-corrected chi connectivity index (χ1v) is 8.37. The van der Waals surface area contributed by atoms with Crippen molar-refractivity contribution in [3.8, 4) is 0 Å². The third-order valence-corrected chi connectivity index (χ3v) is 4.44. The van der Waals surface area contributed by atoms with Gasteiger partial charge in [0.15, 0.2) is 5.82 Å². The van der Waals surface area contributed by atoms with Crippen molar-refractivity contribution in [2.45, 2.75) is 6.42 Å². The molecule has 0 saturated carbocycles. The first-order valence-electron chi connectivity index (χ1n) is 8.37. The van der Waals surface area contributed by atoms with E-state index in [9.17, 15) is 9.59 Å². The van der Waals surface area contributed by atoms with E-state index in [1.54, 1.807) is 19.4 Å². The highest BCUT2D eigenvalue weighted by Gasteiger charge is 2.18. The van der Waals surface area contributed by atoms with Crippen molar-refractivity contribution in [2.75, 3.05) is 38.5 Å². The van der Waals surface area contributed by atoms with Crippen LogP contribution < -0.4 is 10.9 Å². The largest absolute Gasteiger partial charge is 0.340 e. The molecule has 0 spiro atoms. The maximum atomic E-state index is 12.4. The quantitative estimate of drug-likeness (QED) is 0.892. The molecular formula is C18H23N5O2. The van der Waals surface area contributed by atoms with Gasteiger partial charge in [0.2, 0.25) is 5.91 Å². The third-order valence-electron chi connectivity index (χ3n) is 4.44. The van der Waals surface area contributed by atoms with Crippen LogP contribution in [-0.2, 0) is 18.3 Å². The third kappa shape index (κ3) is 4.24. The topological polar surface area (TPSA) is 70.5 Å². The summed E-state index contributed by atoms with van der Waals surface area (Å²) in [4.78, 5) is 32.5. The summed E-state index contributed by atoms with van der Waals surface area (Å²) < 4.78 is 1.47. The lowest BCUT2D eigenvalue weighted by atomic mass is 10.1. The van der Waals surface area contributed by atoms with Crippen molar-refractivity contribution in [2.24, 2.45) is 7.05 Å². The van der Waals surface area contributed by atoms with Gasteiger partial charge in [-0.3, -0.25) is 9.59 Å². The molecule has 1 aliphatic rings. The van der Waals surface area contributed by atoms with Gasteiger partial charge in [0, 0.05) is 51.3 Å². The Balaban J connectivity index is 1.61. The average molecular weight is 341 g/mol. The van der Waals surface area contributed by atoms with Gasteiger partial charge in [-0.2, -0.15) is 0 Å². The molecule has 0 atom stereocenters. The van der Waals surface area contributed by atoms with Crippen molar-refractivity contribution < 1.29 is 4.79 Å². The molecule has 2 heterocycles. The lowest BCUT2D eigenvalue weighted by molar-refractivity contribution is -0.132. The molecule has 1 aromatic heterocycles. The molecule has 0 bridgehead atoms. The van der Waals surface area contributed by atoms with Crippen molar-refractivity contribution in [1.29, 1.82) is 0 Å². The molecule has 132 valence electrons. The second kappa shape index (κ2) is 7.48. The molecule has 0 radical (unpaired) electrons. The molecular weight excluding hydrogens is 318 g/mol. The number of amides is 1. The summed E-state index contributed by atoms with van der Waals surface area (Å²) in [5, 5.41) is 3.02. The maximum Gasteiger partial charge on any atom is 0.293 e. The smallest absolute Gasteiger partial charge is 0.293 e. The zero-order valence-corrected chi connectivity index (χ0v) is 14.6. The normalized spacial score (nSPS) is 15.2. The number of hydrogen-bond acceptors (Lipinski definition) is 5. The first kappa shape index (κ1) is 17.2. The molecule has 1 aromatic carbocycles. The van der Waals surface area contributed by atoms with Crippen LogP contribution in [0.2, 0.25) is 0 Å². The zero-order valence-electron chi connectivity index (χ0n) is 14.6. The van der Waals surface area contributed by atoms with Gasteiger partial charge in [-0.05, 0) is 24.7 Å². The molecule has 0 unspecified atom stereocenters. The maximum absolute atomic E-state index is 12.4. The van der Waals surface area contributed by atoms with Crippen LogP contribution in [0.4, 0.5) is 11.5 Å². The Labute approximate surface area is 146 Å². The number of aryl methyl sites for hydroxylation is 1. The highest BCUT2D eigenvalue weighted by Crippen LogP contribution is 2.14. The fourth-order valence-corrected chi connectivity index (χ4v) is 2.77. The highest BCUT2D eigenvalue weighted by atomic mass is 16.2. The summed E-state index contributed by atoms with van der Waals surface area (Å²) in [6.07, 6.45) is 3.59. The Morgan fingerprint density at radius 1 is 1.12 bits per heavy atom. The molecule has 1 N–H and O–H groups in total. The van der Waals surface area contributed by atoms with Gasteiger partial charge in [0.25, 0.3) is 5.56 Å². The number of piperazine rings is 1. The Bertz CT molecular complexity index is 792. The van der Waals surface area contributed by atoms with Crippen LogP contribution in [0.25, 0.3) is 0 Å². The van der Waals surface area contributed by atoms with E-state index in [2.05, 4.69) is 22.2 Å². The lowest BCUT2D eigenvalue weighted by Crippen LogP contribution is -2.47. The number of aromatic nitrogens is 2. The second-order valence-electron chi connectivity index (χ2n) is 6.37. The molecule has 3 rings (SSSR count). The summed E-state index contributed by atoms with van der Waals surface area (Å²) in [5.41, 5.74) is 1.55. The lowest BCUT2D eigenvalue weighted by Gasteiger charge is -2.32. The predicted octanol–water partition coefficient (Wildman–Crippen LogP) is 0.840. The number of likely N-dealkylation sites (N-methyl/N-ethyl adjacent to an activating group) is 1. The summed E-state index contributed by atoms with van der Waals surface area (Å²) in [7, 11) is 3.75. The highest BCUT2D eigenvalue weighted by molar-refractivity contribution is 5.79. The van der Waals surface area contributed by atoms with Crippen LogP contribution in [0.5, 0.6) is 0 Å². The molecule has 7 nitrogen and oxygen atoms in total. The van der Waals surface area contributed by atoms with Crippen molar-refractivity contribution >= 4 is 17.4 Å². The standard InChI is InChI=1S/C18H23N5O2/c1-21-9-11-23(12-10-21)16(24)13-14-3-5-15(6-4-14)20-17-18(25)22(2)8-7-19-17/h3-8H,9-13H2,1-2H3,(H,19,20). The van der Waals surface area contributed by atoms with Crippen molar-refractivity contribution in [3.63, 3.8) is 0 Å². The van der Waals surface area contributed by atoms with E-state index in [-0.39, 0.29) is 17.3 Å². The van der Waals surface area contributed by atoms with Crippen molar-refractivity contribution in [3.05, 3.63) is 52.6 Å². The second-order valence-corrected chi connectivity index (χ2v) is 6.37. The molecule has 1 fully saturated rings. The number of carbonyl (C=O) groups is 1. The van der Waals surface area contributed by atoms with Gasteiger partial charge >= 0.3 is 0 Å². The number of nitrogens with one attached hydrogen (secondary N) is 1. The van der Waals surface area contributed by atoms with Crippen LogP contribution in [0, 0.1) is 0 Å². The molecule has 1 aliphatic heterocycles. The minimum atomic E-state index is -0.183. The molecule has 1 saturated heterocycles. The number of rotatable bonds is 4. The Kier molecular flexibility index (Phi) is 5.14. The number of anilines is 2. The number of benzene rings is 1. The van der Waals surface area contributed by atoms with Crippen LogP contribution in [0.3, 0.4) is 0 Å². The van der Waals surface area contributed by atoms with E-state index >= 15 is 0 Å². The molecule has 0 aliphatic carbocycles. The van der Waals surface area contributed by atoms with Crippen LogP contribution in [0.1, 0.15) is 5.56 Å². The number of carbonyl (C=O) groups excluding carboxylic acids is 1. The van der Waals surface area contributed by atoms with Gasteiger partial charge in [-0.25, -0.2) is 4.98 Å². The van der Waals surface area contributed by atoms with Crippen molar-refractivity contribution in [1.82, 2.24) is 19.4 Å². The monoisotopic (exact) mass is 341 g/mol. The summed E-state index contributed by atoms with van der Waals surface area (Å²) in [6, 6.07) is 7.54. The summed E-state index contributed by atoms with van der Waals surface area (Å²) in [6.45, 7) is 3.43. The van der Waals surface area contributed by atoms with E-state index in [1.807, 2.05) is 29.2 Å². The molecule has 25 heavy (non-hydrogen) atoms. The molecule has 1 amide bonds. The fraction of sp³-hybridized carbons (Fsp3) is 0.389. The number of nitrogens with zero attached hydrogens (tertiary/aromatic N) is 4. The fourth-order valence-electron chi connectivity index (χ4n) is 2.77. The average Bonchev–Trinajstić information content (AvgIpc) is 2.61. The van der Waals surface area contributed by atoms with Crippen LogP contribution in [-0.4, -0.2) is 58.5 Å². The Morgan fingerprint density at radius 2 is 1.80 bits per heavy atom. The minimum absolute atomic E-state index is 0.160. The van der Waals surface area contributed by atoms with Gasteiger partial charge in [-0.1, -0.05) is 12.1 Å². The van der Waals surface area contributed by atoms with E-state index in [1.165, 1.54) is 4.57 Å². The van der Waals surface area contributed by atoms with Crippen LogP contribution >= 0.6 is 0 Å². The summed E-state index contributed by atoms with van der Waals surface area (Å²) >= 11 is 0. The summed E-state index contributed by atoms with van der Waals surface area (Å²) in [5.74, 6) is 0.443. The first-order chi connectivity index (χ1) is 12.0. The SMILES string of the molecule is CN1CCN(C(=O)Cc2ccc(Nc3nccn(C)c3=O)cc2)CC1. The van der Waals surface area contributed by atoms with Gasteiger partial charge in [-0.15, -0.1) is 0 Å². The number of hydrogen-bond donors (Lipinski definition) is 1. The van der Waals surface area contributed by atoms with Gasteiger partial charge < -0.3 is 19.7 Å². The molecule has 2 aromatic rings. The van der Waals surface area contributed by atoms with Crippen LogP contribution in [0.15, 0.2) is 41.5 Å². The Hall–Kier alpha value is -2.67. The zero-order chi connectivity index (χ0) is 17.8. The minimum Gasteiger partial charge on any atom is -0.340 e. The Morgan fingerprint density at radius 3 is 2.48 bits per heavy atom. The predicted molar refractivity (Wildman–Crippen MR) is 97.0 cm³/mol. The van der Waals surface area contributed by atoms with E-state index in [0.717, 1.165) is 37.4 Å². The van der Waals surface area contributed by atoms with E-state index < -0.39 is 0 Å². The van der Waals surface area contributed by atoms with Gasteiger partial charge in [0.05, 0.1) is 6.42 Å². The van der Waals surface area contributed by atoms with E-state index in [4.69, 9.17) is 0 Å². The molecule has 7 heteroatoms. The van der Waals surface area contributed by atoms with Gasteiger partial charge in [0.1, 0.15) is 0 Å².